The monoisotopic (exact) mass is 194 g/mol. The fourth-order valence-electron chi connectivity index (χ4n) is 1.22. The fraction of sp³-hybridized carbons (Fsp3) is 0.875. The summed E-state index contributed by atoms with van der Waals surface area (Å²) in [5, 5.41) is 8.33. The summed E-state index contributed by atoms with van der Waals surface area (Å²) in [6, 6.07) is 2.16. The molecule has 0 spiro atoms. The molecule has 2 nitrogen and oxygen atoms in total. The SMILES string of the molecule is FC(F)F.N#CCN1CCCCC1. The number of rotatable bonds is 1. The summed E-state index contributed by atoms with van der Waals surface area (Å²) in [4.78, 5) is 2.21. The Morgan fingerprint density at radius 2 is 1.62 bits per heavy atom. The predicted octanol–water partition coefficient (Wildman–Crippen LogP) is 2.17. The number of nitriles is 1. The topological polar surface area (TPSA) is 27.0 Å². The molecule has 1 fully saturated rings. The van der Waals surface area contributed by atoms with Gasteiger partial charge in [-0.2, -0.15) is 18.4 Å². The average molecular weight is 194 g/mol. The van der Waals surface area contributed by atoms with Gasteiger partial charge < -0.3 is 0 Å². The molecule has 0 atom stereocenters. The first-order chi connectivity index (χ1) is 6.16. The van der Waals surface area contributed by atoms with Crippen molar-refractivity contribution in [1.82, 2.24) is 4.90 Å². The molecule has 0 N–H and O–H groups in total. The van der Waals surface area contributed by atoms with Gasteiger partial charge in [0.25, 0.3) is 0 Å². The van der Waals surface area contributed by atoms with Crippen LogP contribution in [0.3, 0.4) is 0 Å². The molecule has 1 saturated heterocycles. The zero-order chi connectivity index (χ0) is 10.1. The molecule has 1 aliphatic rings. The maximum atomic E-state index is 9.67. The lowest BCUT2D eigenvalue weighted by Crippen LogP contribution is -2.29. The molecular weight excluding hydrogens is 181 g/mol. The molecule has 1 heterocycles. The van der Waals surface area contributed by atoms with Crippen LogP contribution in [0.25, 0.3) is 0 Å². The molecule has 0 aromatic carbocycles. The summed E-state index contributed by atoms with van der Waals surface area (Å²) in [7, 11) is 0. The second-order valence-corrected chi connectivity index (χ2v) is 2.74. The molecule has 1 rings (SSSR count). The first kappa shape index (κ1) is 12.2. The predicted molar refractivity (Wildman–Crippen MR) is 43.0 cm³/mol. The van der Waals surface area contributed by atoms with E-state index in [9.17, 15) is 13.2 Å². The van der Waals surface area contributed by atoms with Crippen LogP contribution in [0.15, 0.2) is 0 Å². The van der Waals surface area contributed by atoms with Crippen LogP contribution in [-0.2, 0) is 0 Å². The van der Waals surface area contributed by atoms with E-state index in [0.717, 1.165) is 13.1 Å². The Bertz CT molecular complexity index is 147. The van der Waals surface area contributed by atoms with Crippen LogP contribution in [0.2, 0.25) is 0 Å². The lowest BCUT2D eigenvalue weighted by molar-refractivity contribution is 0.00819. The highest BCUT2D eigenvalue weighted by molar-refractivity contribution is 4.77. The molecule has 13 heavy (non-hydrogen) atoms. The average Bonchev–Trinajstić information content (AvgIpc) is 2.06. The fourth-order valence-corrected chi connectivity index (χ4v) is 1.22. The highest BCUT2D eigenvalue weighted by atomic mass is 19.4. The standard InChI is InChI=1S/C7H12N2.CHF3/c8-4-7-9-5-2-1-3-6-9;2-1(3)4/h1-3,5-7H2;1H. The Labute approximate surface area is 75.9 Å². The maximum absolute atomic E-state index is 9.67. The number of nitrogens with zero attached hydrogens (tertiary/aromatic N) is 2. The summed E-state index contributed by atoms with van der Waals surface area (Å²) >= 11 is 0. The summed E-state index contributed by atoms with van der Waals surface area (Å²) in [6.07, 6.45) is 3.91. The van der Waals surface area contributed by atoms with Gasteiger partial charge in [0.15, 0.2) is 0 Å². The maximum Gasteiger partial charge on any atom is 0.379 e. The van der Waals surface area contributed by atoms with Gasteiger partial charge >= 0.3 is 6.68 Å². The third-order valence-electron chi connectivity index (χ3n) is 1.74. The first-order valence-electron chi connectivity index (χ1n) is 4.18. The van der Waals surface area contributed by atoms with E-state index in [-0.39, 0.29) is 0 Å². The highest BCUT2D eigenvalue weighted by Crippen LogP contribution is 2.06. The minimum absolute atomic E-state index is 0.625. The van der Waals surface area contributed by atoms with E-state index in [1.807, 2.05) is 0 Å². The molecule has 1 aliphatic heterocycles. The van der Waals surface area contributed by atoms with Crippen LogP contribution in [0, 0.1) is 11.3 Å². The number of alkyl halides is 3. The van der Waals surface area contributed by atoms with E-state index in [1.165, 1.54) is 19.3 Å². The van der Waals surface area contributed by atoms with Gasteiger partial charge in [-0.15, -0.1) is 0 Å². The van der Waals surface area contributed by atoms with Gasteiger partial charge in [0.1, 0.15) is 0 Å². The molecule has 5 heteroatoms. The summed E-state index contributed by atoms with van der Waals surface area (Å²) in [5.74, 6) is 0. The van der Waals surface area contributed by atoms with E-state index >= 15 is 0 Å². The van der Waals surface area contributed by atoms with Crippen molar-refractivity contribution < 1.29 is 13.2 Å². The Morgan fingerprint density at radius 3 is 2.00 bits per heavy atom. The zero-order valence-corrected chi connectivity index (χ0v) is 7.35. The molecule has 76 valence electrons. The molecule has 0 aliphatic carbocycles. The molecule has 0 aromatic rings. The van der Waals surface area contributed by atoms with Crippen LogP contribution in [0.1, 0.15) is 19.3 Å². The Balaban J connectivity index is 0.000000310. The van der Waals surface area contributed by atoms with Crippen LogP contribution in [0.5, 0.6) is 0 Å². The van der Waals surface area contributed by atoms with Gasteiger partial charge in [-0.1, -0.05) is 6.42 Å². The second-order valence-electron chi connectivity index (χ2n) is 2.74. The van der Waals surface area contributed by atoms with Crippen molar-refractivity contribution in [2.24, 2.45) is 0 Å². The third-order valence-corrected chi connectivity index (χ3v) is 1.74. The van der Waals surface area contributed by atoms with E-state index in [4.69, 9.17) is 5.26 Å². The molecule has 0 unspecified atom stereocenters. The molecular formula is C8H13F3N2. The van der Waals surface area contributed by atoms with Crippen LogP contribution < -0.4 is 0 Å². The number of hydrogen-bond donors (Lipinski definition) is 0. The lowest BCUT2D eigenvalue weighted by atomic mass is 10.1. The first-order valence-corrected chi connectivity index (χ1v) is 4.18. The Hall–Kier alpha value is -0.760. The number of hydrogen-bond acceptors (Lipinski definition) is 2. The van der Waals surface area contributed by atoms with Crippen molar-refractivity contribution in [2.75, 3.05) is 19.6 Å². The van der Waals surface area contributed by atoms with E-state index in [1.54, 1.807) is 0 Å². The highest BCUT2D eigenvalue weighted by Gasteiger charge is 2.07. The Kier molecular flexibility index (Phi) is 7.41. The summed E-state index contributed by atoms with van der Waals surface area (Å²) in [6.45, 7) is -0.777. The third kappa shape index (κ3) is 9.15. The van der Waals surface area contributed by atoms with Crippen molar-refractivity contribution in [3.8, 4) is 6.07 Å². The van der Waals surface area contributed by atoms with Gasteiger partial charge in [0, 0.05) is 0 Å². The van der Waals surface area contributed by atoms with Crippen molar-refractivity contribution in [3.63, 3.8) is 0 Å². The van der Waals surface area contributed by atoms with E-state index < -0.39 is 6.68 Å². The molecule has 0 aromatic heterocycles. The normalized spacial score (nSPS) is 17.5. The van der Waals surface area contributed by atoms with Gasteiger partial charge in [-0.05, 0) is 25.9 Å². The van der Waals surface area contributed by atoms with Crippen molar-refractivity contribution in [3.05, 3.63) is 0 Å². The minimum Gasteiger partial charge on any atom is -0.291 e. The number of likely N-dealkylation sites (tertiary alicyclic amines) is 1. The van der Waals surface area contributed by atoms with E-state index in [0.29, 0.717) is 6.54 Å². The van der Waals surface area contributed by atoms with Gasteiger partial charge in [0.05, 0.1) is 12.6 Å². The van der Waals surface area contributed by atoms with E-state index in [2.05, 4.69) is 11.0 Å². The van der Waals surface area contributed by atoms with Crippen molar-refractivity contribution in [1.29, 1.82) is 5.26 Å². The minimum atomic E-state index is -3.67. The van der Waals surface area contributed by atoms with Gasteiger partial charge in [-0.25, -0.2) is 0 Å². The number of halogens is 3. The summed E-state index contributed by atoms with van der Waals surface area (Å²) in [5.41, 5.74) is 0. The van der Waals surface area contributed by atoms with Crippen LogP contribution in [0.4, 0.5) is 13.2 Å². The quantitative estimate of drug-likeness (QED) is 0.598. The number of piperidine rings is 1. The van der Waals surface area contributed by atoms with Gasteiger partial charge in [0.2, 0.25) is 0 Å². The smallest absolute Gasteiger partial charge is 0.291 e. The second kappa shape index (κ2) is 7.87. The summed E-state index contributed by atoms with van der Waals surface area (Å²) < 4.78 is 29.0. The molecule has 0 radical (unpaired) electrons. The zero-order valence-electron chi connectivity index (χ0n) is 7.35. The largest absolute Gasteiger partial charge is 0.379 e. The van der Waals surface area contributed by atoms with Crippen LogP contribution >= 0.6 is 0 Å². The van der Waals surface area contributed by atoms with Crippen LogP contribution in [-0.4, -0.2) is 31.2 Å². The lowest BCUT2D eigenvalue weighted by Gasteiger charge is -2.22. The van der Waals surface area contributed by atoms with Crippen molar-refractivity contribution >= 4 is 0 Å². The molecule has 0 amide bonds. The molecule has 0 bridgehead atoms. The Morgan fingerprint density at radius 1 is 1.15 bits per heavy atom. The molecule has 0 saturated carbocycles. The van der Waals surface area contributed by atoms with Gasteiger partial charge in [-0.3, -0.25) is 4.90 Å². The van der Waals surface area contributed by atoms with Crippen molar-refractivity contribution in [2.45, 2.75) is 25.9 Å².